The molecule has 0 unspecified atom stereocenters. The van der Waals surface area contributed by atoms with E-state index in [4.69, 9.17) is 0 Å². The van der Waals surface area contributed by atoms with Crippen molar-refractivity contribution in [3.8, 4) is 0 Å². The lowest BCUT2D eigenvalue weighted by Gasteiger charge is -2.16. The van der Waals surface area contributed by atoms with Crippen LogP contribution in [0.4, 0.5) is 5.82 Å². The zero-order valence-corrected chi connectivity index (χ0v) is 9.98. The molecule has 0 spiro atoms. The van der Waals surface area contributed by atoms with Gasteiger partial charge >= 0.3 is 0 Å². The lowest BCUT2D eigenvalue weighted by molar-refractivity contribution is 0.800. The van der Waals surface area contributed by atoms with Gasteiger partial charge in [-0.05, 0) is 6.07 Å². The molecule has 4 heteroatoms. The van der Waals surface area contributed by atoms with Gasteiger partial charge in [0, 0.05) is 18.0 Å². The summed E-state index contributed by atoms with van der Waals surface area (Å²) < 4.78 is 0.263. The van der Waals surface area contributed by atoms with Gasteiger partial charge in [0.1, 0.15) is 11.6 Å². The van der Waals surface area contributed by atoms with Gasteiger partial charge in [0.2, 0.25) is 0 Å². The lowest BCUT2D eigenvalue weighted by Crippen LogP contribution is -2.08. The first-order valence-corrected chi connectivity index (χ1v) is 5.63. The van der Waals surface area contributed by atoms with E-state index in [0.717, 1.165) is 17.4 Å². The molecule has 0 radical (unpaired) electrons. The Morgan fingerprint density at radius 1 is 1.43 bits per heavy atom. The Morgan fingerprint density at radius 2 is 2.14 bits per heavy atom. The van der Waals surface area contributed by atoms with Crippen LogP contribution in [0.3, 0.4) is 0 Å². The number of nitrogens with one attached hydrogen (secondary N) is 1. The maximum absolute atomic E-state index is 4.35. The fourth-order valence-corrected chi connectivity index (χ4v) is 1.59. The van der Waals surface area contributed by atoms with Crippen molar-refractivity contribution in [2.24, 2.45) is 0 Å². The minimum absolute atomic E-state index is 0.263. The van der Waals surface area contributed by atoms with Gasteiger partial charge in [-0.25, -0.2) is 9.97 Å². The topological polar surface area (TPSA) is 37.8 Å². The van der Waals surface area contributed by atoms with Crippen molar-refractivity contribution in [3.05, 3.63) is 18.1 Å². The van der Waals surface area contributed by atoms with Gasteiger partial charge in [0.25, 0.3) is 0 Å². The summed E-state index contributed by atoms with van der Waals surface area (Å²) in [5, 5.41) is 3.00. The van der Waals surface area contributed by atoms with Gasteiger partial charge in [-0.1, -0.05) is 20.8 Å². The summed E-state index contributed by atoms with van der Waals surface area (Å²) in [5.74, 6) is 2.63. The third-order valence-electron chi connectivity index (χ3n) is 1.60. The van der Waals surface area contributed by atoms with Crippen molar-refractivity contribution in [2.75, 3.05) is 12.4 Å². The Bertz CT molecular complexity index is 294. The molecule has 1 N–H and O–H groups in total. The van der Waals surface area contributed by atoms with Crippen LogP contribution in [-0.4, -0.2) is 21.8 Å². The molecule has 3 nitrogen and oxygen atoms in total. The first-order chi connectivity index (χ1) is 6.51. The van der Waals surface area contributed by atoms with Crippen molar-refractivity contribution < 1.29 is 0 Å². The number of hydrogen-bond donors (Lipinski definition) is 1. The molecule has 78 valence electrons. The third-order valence-corrected chi connectivity index (χ3v) is 2.86. The van der Waals surface area contributed by atoms with Crippen LogP contribution in [0, 0.1) is 0 Å². The molecule has 0 aromatic carbocycles. The Kier molecular flexibility index (Phi) is 3.75. The predicted octanol–water partition coefficient (Wildman–Crippen LogP) is 2.55. The van der Waals surface area contributed by atoms with Gasteiger partial charge in [-0.2, -0.15) is 0 Å². The maximum atomic E-state index is 4.35. The van der Waals surface area contributed by atoms with E-state index >= 15 is 0 Å². The van der Waals surface area contributed by atoms with E-state index in [0.29, 0.717) is 0 Å². The summed E-state index contributed by atoms with van der Waals surface area (Å²) in [6.45, 7) is 6.58. The van der Waals surface area contributed by atoms with E-state index in [1.165, 1.54) is 0 Å². The second-order valence-corrected chi connectivity index (χ2v) is 5.81. The highest BCUT2D eigenvalue weighted by Gasteiger charge is 2.11. The molecule has 14 heavy (non-hydrogen) atoms. The SMILES string of the molecule is CNc1ccnc(CSC(C)(C)C)n1. The molecule has 1 aromatic rings. The molecule has 1 aromatic heterocycles. The average Bonchev–Trinajstić information content (AvgIpc) is 2.14. The number of anilines is 1. The highest BCUT2D eigenvalue weighted by molar-refractivity contribution is 7.99. The van der Waals surface area contributed by atoms with Gasteiger partial charge in [-0.15, -0.1) is 11.8 Å². The van der Waals surface area contributed by atoms with E-state index in [9.17, 15) is 0 Å². The Hall–Kier alpha value is -0.770. The van der Waals surface area contributed by atoms with Crippen molar-refractivity contribution >= 4 is 17.6 Å². The molecule has 1 rings (SSSR count). The highest BCUT2D eigenvalue weighted by Crippen LogP contribution is 2.25. The second kappa shape index (κ2) is 4.64. The van der Waals surface area contributed by atoms with Crippen LogP contribution in [0.2, 0.25) is 0 Å². The van der Waals surface area contributed by atoms with E-state index in [-0.39, 0.29) is 4.75 Å². The van der Waals surface area contributed by atoms with Gasteiger partial charge in [-0.3, -0.25) is 0 Å². The summed E-state index contributed by atoms with van der Waals surface area (Å²) in [6.07, 6.45) is 1.79. The van der Waals surface area contributed by atoms with Crippen LogP contribution in [0.15, 0.2) is 12.3 Å². The molecule has 0 bridgehead atoms. The fraction of sp³-hybridized carbons (Fsp3) is 0.600. The van der Waals surface area contributed by atoms with Crippen molar-refractivity contribution in [1.82, 2.24) is 9.97 Å². The zero-order chi connectivity index (χ0) is 10.6. The fourth-order valence-electron chi connectivity index (χ4n) is 0.889. The van der Waals surface area contributed by atoms with Crippen molar-refractivity contribution in [1.29, 1.82) is 0 Å². The van der Waals surface area contributed by atoms with Gasteiger partial charge in [0.05, 0.1) is 5.75 Å². The molecule has 0 aliphatic heterocycles. The number of nitrogens with zero attached hydrogens (tertiary/aromatic N) is 2. The minimum Gasteiger partial charge on any atom is -0.373 e. The van der Waals surface area contributed by atoms with Crippen LogP contribution in [0.5, 0.6) is 0 Å². The molecular weight excluding hydrogens is 194 g/mol. The molecule has 0 aliphatic carbocycles. The average molecular weight is 211 g/mol. The van der Waals surface area contributed by atoms with E-state index in [1.807, 2.05) is 24.9 Å². The zero-order valence-electron chi connectivity index (χ0n) is 9.16. The number of aromatic nitrogens is 2. The highest BCUT2D eigenvalue weighted by atomic mass is 32.2. The molecule has 0 fully saturated rings. The van der Waals surface area contributed by atoms with Gasteiger partial charge < -0.3 is 5.32 Å². The third kappa shape index (κ3) is 3.96. The summed E-state index contributed by atoms with van der Waals surface area (Å²) >= 11 is 1.85. The minimum atomic E-state index is 0.263. The first kappa shape index (κ1) is 11.3. The van der Waals surface area contributed by atoms with E-state index in [2.05, 4.69) is 36.1 Å². The number of rotatable bonds is 3. The second-order valence-electron chi connectivity index (χ2n) is 4.01. The molecule has 0 saturated carbocycles. The molecule has 0 saturated heterocycles. The predicted molar refractivity (Wildman–Crippen MR) is 62.6 cm³/mol. The molecule has 0 atom stereocenters. The Labute approximate surface area is 89.7 Å². The Balaban J connectivity index is 2.59. The summed E-state index contributed by atoms with van der Waals surface area (Å²) in [4.78, 5) is 8.57. The van der Waals surface area contributed by atoms with Crippen LogP contribution in [0.1, 0.15) is 26.6 Å². The smallest absolute Gasteiger partial charge is 0.140 e. The molecular formula is C10H17N3S. The summed E-state index contributed by atoms with van der Waals surface area (Å²) in [7, 11) is 1.86. The number of hydrogen-bond acceptors (Lipinski definition) is 4. The maximum Gasteiger partial charge on any atom is 0.140 e. The van der Waals surface area contributed by atoms with Crippen LogP contribution >= 0.6 is 11.8 Å². The molecule has 0 amide bonds. The van der Waals surface area contributed by atoms with Crippen molar-refractivity contribution in [2.45, 2.75) is 31.3 Å². The van der Waals surface area contributed by atoms with E-state index in [1.54, 1.807) is 6.20 Å². The standard InChI is InChI=1S/C10H17N3S/c1-10(2,3)14-7-9-12-6-5-8(11-4)13-9/h5-6H,7H2,1-4H3,(H,11,12,13). The van der Waals surface area contributed by atoms with E-state index < -0.39 is 0 Å². The van der Waals surface area contributed by atoms with Gasteiger partial charge in [0.15, 0.2) is 0 Å². The van der Waals surface area contributed by atoms with Crippen LogP contribution in [0.25, 0.3) is 0 Å². The molecule has 0 aliphatic rings. The van der Waals surface area contributed by atoms with Crippen LogP contribution < -0.4 is 5.32 Å². The molecule has 1 heterocycles. The summed E-state index contributed by atoms with van der Waals surface area (Å²) in [5.41, 5.74) is 0. The quantitative estimate of drug-likeness (QED) is 0.834. The lowest BCUT2D eigenvalue weighted by atomic mass is 10.3. The summed E-state index contributed by atoms with van der Waals surface area (Å²) in [6, 6.07) is 1.87. The van der Waals surface area contributed by atoms with Crippen molar-refractivity contribution in [3.63, 3.8) is 0 Å². The largest absolute Gasteiger partial charge is 0.373 e. The normalized spacial score (nSPS) is 11.4. The monoisotopic (exact) mass is 211 g/mol. The number of thioether (sulfide) groups is 1. The van der Waals surface area contributed by atoms with Crippen LogP contribution in [-0.2, 0) is 5.75 Å². The first-order valence-electron chi connectivity index (χ1n) is 4.65. The Morgan fingerprint density at radius 3 is 2.71 bits per heavy atom.